The minimum Gasteiger partial charge on any atom is -0.446 e. The van der Waals surface area contributed by atoms with Gasteiger partial charge in [-0.05, 0) is 77.5 Å². The minimum absolute atomic E-state index is 0.0548. The van der Waals surface area contributed by atoms with Gasteiger partial charge in [0.2, 0.25) is 0 Å². The highest BCUT2D eigenvalue weighted by Crippen LogP contribution is 2.25. The molecule has 2 fully saturated rings. The van der Waals surface area contributed by atoms with Crippen molar-refractivity contribution in [1.29, 1.82) is 0 Å². The van der Waals surface area contributed by atoms with Gasteiger partial charge >= 0.3 is 11.9 Å². The maximum Gasteiger partial charge on any atom is 0.307 e. The van der Waals surface area contributed by atoms with Crippen LogP contribution in [0.1, 0.15) is 118 Å². The second kappa shape index (κ2) is 17.7. The molecule has 0 heterocycles. The Morgan fingerprint density at radius 3 is 1.28 bits per heavy atom. The van der Waals surface area contributed by atoms with E-state index in [0.717, 1.165) is 51.9 Å². The van der Waals surface area contributed by atoms with E-state index in [9.17, 15) is 9.59 Å². The summed E-state index contributed by atoms with van der Waals surface area (Å²) in [5.41, 5.74) is 2.98. The predicted molar refractivity (Wildman–Crippen MR) is 146 cm³/mol. The molecule has 0 radical (unpaired) electrons. The minimum atomic E-state index is -0.324. The molecule has 2 saturated carbocycles. The van der Waals surface area contributed by atoms with Crippen molar-refractivity contribution >= 4 is 11.9 Å². The number of rotatable bonds is 15. The summed E-state index contributed by atoms with van der Waals surface area (Å²) in [5, 5.41) is 0. The summed E-state index contributed by atoms with van der Waals surface area (Å²) in [6.45, 7) is 11.6. The molecule has 0 aromatic carbocycles. The lowest BCUT2D eigenvalue weighted by Gasteiger charge is -2.29. The fraction of sp³-hybridized carbons (Fsp3) is 0.800. The zero-order valence-corrected chi connectivity index (χ0v) is 23.6. The molecule has 2 unspecified atom stereocenters. The van der Waals surface area contributed by atoms with Crippen molar-refractivity contribution in [3.63, 3.8) is 0 Å². The quantitative estimate of drug-likeness (QED) is 0.140. The van der Waals surface area contributed by atoms with Gasteiger partial charge in [0.25, 0.3) is 0 Å². The molecule has 0 amide bonds. The Kier molecular flexibility index (Phi) is 15.1. The number of allylic oxidation sites excluding steroid dienone is 2. The van der Waals surface area contributed by atoms with E-state index in [2.05, 4.69) is 49.6 Å². The van der Waals surface area contributed by atoms with Crippen LogP contribution in [0.5, 0.6) is 0 Å². The van der Waals surface area contributed by atoms with Crippen LogP contribution in [-0.4, -0.2) is 60.4 Å². The van der Waals surface area contributed by atoms with Gasteiger partial charge in [-0.3, -0.25) is 19.4 Å². The number of hydrogen-bond donors (Lipinski definition) is 0. The smallest absolute Gasteiger partial charge is 0.307 e. The molecule has 0 spiro atoms. The first-order valence-corrected chi connectivity index (χ1v) is 14.7. The third kappa shape index (κ3) is 11.2. The molecule has 0 aliphatic heterocycles. The molecule has 2 aliphatic rings. The molecule has 0 aromatic rings. The van der Waals surface area contributed by atoms with Gasteiger partial charge in [0, 0.05) is 12.8 Å². The summed E-state index contributed by atoms with van der Waals surface area (Å²) >= 11 is 0. The highest BCUT2D eigenvalue weighted by atomic mass is 16.6. The molecule has 206 valence electrons. The van der Waals surface area contributed by atoms with E-state index in [1.165, 1.54) is 49.7 Å². The number of hydrogen-bond acceptors (Lipinski definition) is 6. The molecular formula is C30H52N2O4. The van der Waals surface area contributed by atoms with Gasteiger partial charge < -0.3 is 9.47 Å². The van der Waals surface area contributed by atoms with Crippen molar-refractivity contribution in [3.8, 4) is 0 Å². The third-order valence-electron chi connectivity index (χ3n) is 7.72. The summed E-state index contributed by atoms with van der Waals surface area (Å²) < 4.78 is 11.7. The van der Waals surface area contributed by atoms with Gasteiger partial charge in [0.1, 0.15) is 0 Å². The molecule has 0 aromatic heterocycles. The van der Waals surface area contributed by atoms with Gasteiger partial charge in [0.15, 0.2) is 12.5 Å². The predicted octanol–water partition coefficient (Wildman–Crippen LogP) is 6.75. The van der Waals surface area contributed by atoms with Crippen LogP contribution in [0.3, 0.4) is 0 Å². The van der Waals surface area contributed by atoms with E-state index in [4.69, 9.17) is 9.47 Å². The van der Waals surface area contributed by atoms with Crippen molar-refractivity contribution in [1.82, 2.24) is 9.80 Å². The number of nitrogens with zero attached hydrogens (tertiary/aromatic N) is 2. The number of carbonyl (C=O) groups excluding carboxylic acids is 2. The van der Waals surface area contributed by atoms with E-state index < -0.39 is 0 Å². The molecular weight excluding hydrogens is 452 g/mol. The molecule has 0 bridgehead atoms. The van der Waals surface area contributed by atoms with Crippen molar-refractivity contribution in [2.24, 2.45) is 0 Å². The monoisotopic (exact) mass is 504 g/mol. The van der Waals surface area contributed by atoms with Crippen LogP contribution in [0.15, 0.2) is 23.3 Å². The molecule has 2 rings (SSSR count). The molecule has 6 heteroatoms. The Bertz CT molecular complexity index is 634. The van der Waals surface area contributed by atoms with Crippen LogP contribution in [-0.2, 0) is 19.1 Å². The number of ether oxygens (including phenoxy) is 2. The highest BCUT2D eigenvalue weighted by Gasteiger charge is 2.23. The Hall–Kier alpha value is -1.66. The van der Waals surface area contributed by atoms with Crippen molar-refractivity contribution in [2.75, 3.05) is 26.2 Å². The van der Waals surface area contributed by atoms with Crippen molar-refractivity contribution in [3.05, 3.63) is 23.3 Å². The highest BCUT2D eigenvalue weighted by molar-refractivity contribution is 5.77. The van der Waals surface area contributed by atoms with Crippen LogP contribution < -0.4 is 0 Å². The van der Waals surface area contributed by atoms with E-state index in [1.54, 1.807) is 0 Å². The topological polar surface area (TPSA) is 59.1 Å². The first-order valence-electron chi connectivity index (χ1n) is 14.7. The standard InChI is InChI=1S/C30H52N2O4/c1-5-31(6-2)27(21-19-25-15-11-9-12-16-25)35-29(33)23-24-30(34)36-28(32(7-3)8-4)22-20-26-17-13-10-14-18-26/h19-20,27-28H,5-18,21-24H2,1-4H3. The summed E-state index contributed by atoms with van der Waals surface area (Å²) in [7, 11) is 0. The Labute approximate surface area is 220 Å². The fourth-order valence-corrected chi connectivity index (χ4v) is 5.39. The van der Waals surface area contributed by atoms with Gasteiger partial charge in [-0.25, -0.2) is 0 Å². The maximum atomic E-state index is 12.7. The lowest BCUT2D eigenvalue weighted by molar-refractivity contribution is -0.165. The number of esters is 2. The molecule has 0 saturated heterocycles. The zero-order valence-electron chi connectivity index (χ0n) is 23.6. The molecule has 6 nitrogen and oxygen atoms in total. The summed E-state index contributed by atoms with van der Waals surface area (Å²) in [6, 6.07) is 0. The Balaban J connectivity index is 1.88. The molecule has 2 aliphatic carbocycles. The summed E-state index contributed by atoms with van der Waals surface area (Å²) in [6.07, 6.45) is 17.9. The molecule has 0 N–H and O–H groups in total. The van der Waals surface area contributed by atoms with Gasteiger partial charge in [-0.2, -0.15) is 0 Å². The first kappa shape index (κ1) is 30.6. The lowest BCUT2D eigenvalue weighted by atomic mass is 9.94. The normalized spacial score (nSPS) is 18.2. The fourth-order valence-electron chi connectivity index (χ4n) is 5.39. The van der Waals surface area contributed by atoms with Crippen LogP contribution >= 0.6 is 0 Å². The SMILES string of the molecule is CCN(CC)C(CC=C1CCCCC1)OC(=O)CCC(=O)OC(CC=C1CCCCC1)N(CC)CC. The van der Waals surface area contributed by atoms with E-state index in [1.807, 2.05) is 0 Å². The zero-order chi connectivity index (χ0) is 26.2. The summed E-state index contributed by atoms with van der Waals surface area (Å²) in [4.78, 5) is 29.8. The Morgan fingerprint density at radius 1 is 0.639 bits per heavy atom. The van der Waals surface area contributed by atoms with Gasteiger partial charge in [0.05, 0.1) is 12.8 Å². The lowest BCUT2D eigenvalue weighted by Crippen LogP contribution is -2.39. The van der Waals surface area contributed by atoms with Crippen LogP contribution in [0.2, 0.25) is 0 Å². The largest absolute Gasteiger partial charge is 0.446 e. The average Bonchev–Trinajstić information content (AvgIpc) is 2.91. The molecule has 36 heavy (non-hydrogen) atoms. The van der Waals surface area contributed by atoms with Crippen molar-refractivity contribution in [2.45, 2.75) is 130 Å². The second-order valence-electron chi connectivity index (χ2n) is 10.1. The third-order valence-corrected chi connectivity index (χ3v) is 7.72. The van der Waals surface area contributed by atoms with E-state index in [-0.39, 0.29) is 37.2 Å². The average molecular weight is 505 g/mol. The van der Waals surface area contributed by atoms with Crippen LogP contribution in [0.25, 0.3) is 0 Å². The number of carbonyl (C=O) groups is 2. The van der Waals surface area contributed by atoms with Gasteiger partial charge in [-0.15, -0.1) is 0 Å². The van der Waals surface area contributed by atoms with Crippen LogP contribution in [0.4, 0.5) is 0 Å². The maximum absolute atomic E-state index is 12.7. The van der Waals surface area contributed by atoms with E-state index >= 15 is 0 Å². The summed E-state index contributed by atoms with van der Waals surface area (Å²) in [5.74, 6) is -0.649. The van der Waals surface area contributed by atoms with E-state index in [0.29, 0.717) is 12.8 Å². The Morgan fingerprint density at radius 2 is 0.972 bits per heavy atom. The second-order valence-corrected chi connectivity index (χ2v) is 10.1. The van der Waals surface area contributed by atoms with Crippen LogP contribution in [0, 0.1) is 0 Å². The van der Waals surface area contributed by atoms with Gasteiger partial charge in [-0.1, -0.05) is 63.8 Å². The first-order chi connectivity index (χ1) is 17.5. The van der Waals surface area contributed by atoms with Crippen molar-refractivity contribution < 1.29 is 19.1 Å². The molecule has 2 atom stereocenters.